The van der Waals surface area contributed by atoms with Gasteiger partial charge in [-0.25, -0.2) is 0 Å². The van der Waals surface area contributed by atoms with Crippen LogP contribution in [0.1, 0.15) is 32.4 Å². The molecule has 1 heterocycles. The molecule has 3 heteroatoms. The highest BCUT2D eigenvalue weighted by atomic mass is 16.3. The molecular formula is C12H22N2O. The van der Waals surface area contributed by atoms with Crippen LogP contribution in [0.4, 0.5) is 0 Å². The quantitative estimate of drug-likeness (QED) is 0.723. The number of hydrogen-bond donors (Lipinski definition) is 2. The van der Waals surface area contributed by atoms with E-state index in [2.05, 4.69) is 19.2 Å². The van der Waals surface area contributed by atoms with Gasteiger partial charge in [-0.2, -0.15) is 0 Å². The maximum Gasteiger partial charge on any atom is 0.105 e. The summed E-state index contributed by atoms with van der Waals surface area (Å²) in [6.07, 6.45) is 4.75. The summed E-state index contributed by atoms with van der Waals surface area (Å²) in [5.41, 5.74) is 5.84. The summed E-state index contributed by atoms with van der Waals surface area (Å²) in [4.78, 5) is 0. The van der Waals surface area contributed by atoms with Crippen LogP contribution in [0.3, 0.4) is 0 Å². The maximum absolute atomic E-state index is 5.84. The van der Waals surface area contributed by atoms with Crippen LogP contribution in [0.25, 0.3) is 0 Å². The highest BCUT2D eigenvalue weighted by Gasteiger charge is 2.05. The van der Waals surface area contributed by atoms with Crippen LogP contribution in [0, 0.1) is 0 Å². The van der Waals surface area contributed by atoms with Gasteiger partial charge in [-0.1, -0.05) is 6.92 Å². The van der Waals surface area contributed by atoms with E-state index in [0.29, 0.717) is 12.1 Å². The molecule has 0 aromatic carbocycles. The van der Waals surface area contributed by atoms with Crippen LogP contribution in [0.15, 0.2) is 22.8 Å². The minimum absolute atomic E-state index is 0.327. The average molecular weight is 210 g/mol. The van der Waals surface area contributed by atoms with Crippen LogP contribution < -0.4 is 11.1 Å². The van der Waals surface area contributed by atoms with E-state index >= 15 is 0 Å². The summed E-state index contributed by atoms with van der Waals surface area (Å²) in [6, 6.07) is 4.71. The summed E-state index contributed by atoms with van der Waals surface area (Å²) in [5, 5.41) is 3.45. The van der Waals surface area contributed by atoms with Gasteiger partial charge in [-0.3, -0.25) is 0 Å². The molecule has 0 fully saturated rings. The molecule has 3 N–H and O–H groups in total. The zero-order chi connectivity index (χ0) is 11.1. The zero-order valence-corrected chi connectivity index (χ0v) is 9.70. The van der Waals surface area contributed by atoms with E-state index in [1.54, 1.807) is 6.26 Å². The first-order valence-corrected chi connectivity index (χ1v) is 5.73. The van der Waals surface area contributed by atoms with Crippen LogP contribution in [0.5, 0.6) is 0 Å². The molecule has 0 bridgehead atoms. The Morgan fingerprint density at radius 2 is 2.33 bits per heavy atom. The molecule has 15 heavy (non-hydrogen) atoms. The Bertz CT molecular complexity index is 246. The van der Waals surface area contributed by atoms with Crippen molar-refractivity contribution < 1.29 is 4.42 Å². The Kier molecular flexibility index (Phi) is 5.43. The minimum atomic E-state index is 0.327. The number of furan rings is 1. The highest BCUT2D eigenvalue weighted by Crippen LogP contribution is 2.03. The van der Waals surface area contributed by atoms with Gasteiger partial charge in [0.05, 0.1) is 6.26 Å². The van der Waals surface area contributed by atoms with Crippen molar-refractivity contribution in [2.75, 3.05) is 6.54 Å². The Morgan fingerprint density at radius 3 is 2.93 bits per heavy atom. The molecule has 1 aromatic rings. The van der Waals surface area contributed by atoms with Gasteiger partial charge in [0, 0.05) is 18.5 Å². The van der Waals surface area contributed by atoms with Crippen molar-refractivity contribution in [1.82, 2.24) is 5.32 Å². The Hall–Kier alpha value is -0.800. The first-order chi connectivity index (χ1) is 7.22. The molecule has 0 amide bonds. The van der Waals surface area contributed by atoms with E-state index < -0.39 is 0 Å². The Labute approximate surface area is 92.0 Å². The highest BCUT2D eigenvalue weighted by molar-refractivity contribution is 4.99. The summed E-state index contributed by atoms with van der Waals surface area (Å²) in [7, 11) is 0. The normalized spacial score (nSPS) is 15.1. The lowest BCUT2D eigenvalue weighted by Gasteiger charge is -2.14. The minimum Gasteiger partial charge on any atom is -0.469 e. The monoisotopic (exact) mass is 210 g/mol. The van der Waals surface area contributed by atoms with E-state index in [9.17, 15) is 0 Å². The second-order valence-corrected chi connectivity index (χ2v) is 4.10. The molecule has 2 unspecified atom stereocenters. The van der Waals surface area contributed by atoms with Gasteiger partial charge >= 0.3 is 0 Å². The largest absolute Gasteiger partial charge is 0.469 e. The first kappa shape index (κ1) is 12.3. The van der Waals surface area contributed by atoms with Gasteiger partial charge in [0.15, 0.2) is 0 Å². The lowest BCUT2D eigenvalue weighted by Crippen LogP contribution is -2.32. The fraction of sp³-hybridized carbons (Fsp3) is 0.667. The topological polar surface area (TPSA) is 51.2 Å². The molecular weight excluding hydrogens is 188 g/mol. The summed E-state index contributed by atoms with van der Waals surface area (Å²) in [6.45, 7) is 5.27. The smallest absolute Gasteiger partial charge is 0.105 e. The van der Waals surface area contributed by atoms with Crippen molar-refractivity contribution in [3.05, 3.63) is 24.2 Å². The van der Waals surface area contributed by atoms with Crippen LogP contribution >= 0.6 is 0 Å². The van der Waals surface area contributed by atoms with Gasteiger partial charge in [0.25, 0.3) is 0 Å². The van der Waals surface area contributed by atoms with Crippen molar-refractivity contribution in [1.29, 1.82) is 0 Å². The number of nitrogens with two attached hydrogens (primary N) is 1. The second-order valence-electron chi connectivity index (χ2n) is 4.10. The van der Waals surface area contributed by atoms with E-state index in [4.69, 9.17) is 10.2 Å². The summed E-state index contributed by atoms with van der Waals surface area (Å²) < 4.78 is 5.29. The molecule has 1 aromatic heterocycles. The summed E-state index contributed by atoms with van der Waals surface area (Å²) in [5.74, 6) is 1.04. The Morgan fingerprint density at radius 1 is 1.53 bits per heavy atom. The van der Waals surface area contributed by atoms with Crippen molar-refractivity contribution in [2.24, 2.45) is 5.73 Å². The van der Waals surface area contributed by atoms with E-state index in [0.717, 1.165) is 31.6 Å². The molecule has 0 aliphatic carbocycles. The average Bonchev–Trinajstić information content (AvgIpc) is 2.70. The van der Waals surface area contributed by atoms with Gasteiger partial charge in [0.2, 0.25) is 0 Å². The fourth-order valence-electron chi connectivity index (χ4n) is 1.52. The van der Waals surface area contributed by atoms with Gasteiger partial charge in [-0.05, 0) is 38.4 Å². The molecule has 0 saturated heterocycles. The molecule has 2 atom stereocenters. The van der Waals surface area contributed by atoms with Crippen molar-refractivity contribution >= 4 is 0 Å². The van der Waals surface area contributed by atoms with E-state index in [-0.39, 0.29) is 0 Å². The molecule has 0 spiro atoms. The number of hydrogen-bond acceptors (Lipinski definition) is 3. The first-order valence-electron chi connectivity index (χ1n) is 5.73. The molecule has 0 aliphatic heterocycles. The second kappa shape index (κ2) is 6.64. The zero-order valence-electron chi connectivity index (χ0n) is 9.70. The molecule has 1 rings (SSSR count). The van der Waals surface area contributed by atoms with Crippen LogP contribution in [-0.2, 0) is 6.42 Å². The molecule has 0 radical (unpaired) electrons. The van der Waals surface area contributed by atoms with Crippen LogP contribution in [-0.4, -0.2) is 18.6 Å². The third-order valence-corrected chi connectivity index (χ3v) is 2.62. The fourth-order valence-corrected chi connectivity index (χ4v) is 1.52. The SMILES string of the molecule is CCC(N)CCNC(C)Cc1ccco1. The molecule has 3 nitrogen and oxygen atoms in total. The van der Waals surface area contributed by atoms with Gasteiger partial charge in [0.1, 0.15) is 5.76 Å². The maximum atomic E-state index is 5.84. The summed E-state index contributed by atoms with van der Waals surface area (Å²) >= 11 is 0. The standard InChI is InChI=1S/C12H22N2O/c1-3-11(13)6-7-14-10(2)9-12-5-4-8-15-12/h4-5,8,10-11,14H,3,6-7,9,13H2,1-2H3. The van der Waals surface area contributed by atoms with Crippen molar-refractivity contribution in [2.45, 2.75) is 45.2 Å². The van der Waals surface area contributed by atoms with Crippen molar-refractivity contribution in [3.8, 4) is 0 Å². The van der Waals surface area contributed by atoms with Gasteiger partial charge < -0.3 is 15.5 Å². The predicted octanol–water partition coefficient (Wildman–Crippen LogP) is 1.93. The van der Waals surface area contributed by atoms with Crippen LogP contribution in [0.2, 0.25) is 0 Å². The van der Waals surface area contributed by atoms with E-state index in [1.807, 2.05) is 12.1 Å². The third kappa shape index (κ3) is 5.00. The molecule has 0 saturated carbocycles. The van der Waals surface area contributed by atoms with Gasteiger partial charge in [-0.15, -0.1) is 0 Å². The lowest BCUT2D eigenvalue weighted by atomic mass is 10.1. The van der Waals surface area contributed by atoms with Crippen molar-refractivity contribution in [3.63, 3.8) is 0 Å². The lowest BCUT2D eigenvalue weighted by molar-refractivity contribution is 0.445. The molecule has 86 valence electrons. The number of nitrogens with one attached hydrogen (secondary N) is 1. The predicted molar refractivity (Wildman–Crippen MR) is 62.8 cm³/mol. The third-order valence-electron chi connectivity index (χ3n) is 2.62. The Balaban J connectivity index is 2.11. The van der Waals surface area contributed by atoms with E-state index in [1.165, 1.54) is 0 Å². The number of rotatable bonds is 7. The molecule has 0 aliphatic rings.